The van der Waals surface area contributed by atoms with E-state index in [4.69, 9.17) is 11.6 Å². The van der Waals surface area contributed by atoms with E-state index in [1.165, 1.54) is 25.7 Å². The van der Waals surface area contributed by atoms with Gasteiger partial charge in [-0.1, -0.05) is 23.7 Å². The molecule has 104 valence electrons. The average molecular weight is 280 g/mol. The van der Waals surface area contributed by atoms with Gasteiger partial charge in [0.15, 0.2) is 0 Å². The van der Waals surface area contributed by atoms with Crippen molar-refractivity contribution in [2.45, 2.75) is 31.8 Å². The van der Waals surface area contributed by atoms with Crippen LogP contribution in [-0.4, -0.2) is 18.2 Å². The van der Waals surface area contributed by atoms with Gasteiger partial charge in [0, 0.05) is 11.6 Å². The monoisotopic (exact) mass is 279 g/mol. The van der Waals surface area contributed by atoms with Crippen LogP contribution in [0.2, 0.25) is 5.02 Å². The molecule has 0 aliphatic heterocycles. The Morgan fingerprint density at radius 2 is 1.63 bits per heavy atom. The fourth-order valence-corrected chi connectivity index (χ4v) is 3.08. The second-order valence-electron chi connectivity index (χ2n) is 6.06. The molecule has 0 heterocycles. The Hall–Kier alpha value is -0.570. The predicted octanol–water partition coefficient (Wildman–Crippen LogP) is 3.40. The molecule has 3 rings (SSSR count). The molecule has 2 fully saturated rings. The standard InChI is InChI=1S/C16H22ClNO/c17-14-7-5-13(6-8-14)16(19)10-18-9-15(11-1-2-11)12-3-4-12/h5-8,11-12,15-16,18-19H,1-4,9-10H2. The van der Waals surface area contributed by atoms with E-state index in [1.807, 2.05) is 24.3 Å². The topological polar surface area (TPSA) is 32.3 Å². The first-order valence-electron chi connectivity index (χ1n) is 7.38. The Bertz CT molecular complexity index is 399. The van der Waals surface area contributed by atoms with Crippen molar-refractivity contribution in [2.24, 2.45) is 17.8 Å². The smallest absolute Gasteiger partial charge is 0.0914 e. The molecule has 19 heavy (non-hydrogen) atoms. The van der Waals surface area contributed by atoms with Crippen molar-refractivity contribution in [3.05, 3.63) is 34.9 Å². The van der Waals surface area contributed by atoms with Crippen molar-refractivity contribution in [1.29, 1.82) is 0 Å². The van der Waals surface area contributed by atoms with E-state index >= 15 is 0 Å². The van der Waals surface area contributed by atoms with Gasteiger partial charge in [0.2, 0.25) is 0 Å². The number of aliphatic hydroxyl groups excluding tert-OH is 1. The summed E-state index contributed by atoms with van der Waals surface area (Å²) < 4.78 is 0. The highest BCUT2D eigenvalue weighted by Crippen LogP contribution is 2.48. The van der Waals surface area contributed by atoms with Gasteiger partial charge in [-0.25, -0.2) is 0 Å². The second kappa shape index (κ2) is 5.82. The summed E-state index contributed by atoms with van der Waals surface area (Å²) in [5, 5.41) is 14.3. The summed E-state index contributed by atoms with van der Waals surface area (Å²) in [4.78, 5) is 0. The van der Waals surface area contributed by atoms with E-state index in [0.29, 0.717) is 11.6 Å². The van der Waals surface area contributed by atoms with Gasteiger partial charge in [-0.15, -0.1) is 0 Å². The molecule has 1 unspecified atom stereocenters. The highest BCUT2D eigenvalue weighted by molar-refractivity contribution is 6.30. The van der Waals surface area contributed by atoms with Crippen LogP contribution in [-0.2, 0) is 0 Å². The van der Waals surface area contributed by atoms with Crippen molar-refractivity contribution >= 4 is 11.6 Å². The summed E-state index contributed by atoms with van der Waals surface area (Å²) in [5.41, 5.74) is 0.936. The highest BCUT2D eigenvalue weighted by atomic mass is 35.5. The van der Waals surface area contributed by atoms with Gasteiger partial charge in [-0.2, -0.15) is 0 Å². The summed E-state index contributed by atoms with van der Waals surface area (Å²) in [6.45, 7) is 1.71. The van der Waals surface area contributed by atoms with Gasteiger partial charge >= 0.3 is 0 Å². The zero-order chi connectivity index (χ0) is 13.2. The molecular formula is C16H22ClNO. The highest BCUT2D eigenvalue weighted by Gasteiger charge is 2.40. The third-order valence-corrected chi connectivity index (χ3v) is 4.68. The minimum atomic E-state index is -0.434. The fourth-order valence-electron chi connectivity index (χ4n) is 2.96. The lowest BCUT2D eigenvalue weighted by Crippen LogP contribution is -2.29. The van der Waals surface area contributed by atoms with Gasteiger partial charge < -0.3 is 10.4 Å². The maximum absolute atomic E-state index is 10.1. The molecule has 0 aromatic heterocycles. The van der Waals surface area contributed by atoms with Crippen LogP contribution in [0.4, 0.5) is 0 Å². The predicted molar refractivity (Wildman–Crippen MR) is 78.2 cm³/mol. The van der Waals surface area contributed by atoms with E-state index < -0.39 is 6.10 Å². The first-order chi connectivity index (χ1) is 9.24. The summed E-state index contributed by atoms with van der Waals surface area (Å²) in [6.07, 6.45) is 5.24. The average Bonchev–Trinajstić information content (AvgIpc) is 3.28. The van der Waals surface area contributed by atoms with Crippen molar-refractivity contribution in [3.63, 3.8) is 0 Å². The van der Waals surface area contributed by atoms with E-state index in [9.17, 15) is 5.11 Å². The van der Waals surface area contributed by atoms with Gasteiger partial charge in [0.05, 0.1) is 6.10 Å². The largest absolute Gasteiger partial charge is 0.387 e. The number of hydrogen-bond acceptors (Lipinski definition) is 2. The van der Waals surface area contributed by atoms with Crippen LogP contribution in [0.3, 0.4) is 0 Å². The maximum Gasteiger partial charge on any atom is 0.0914 e. The summed E-state index contributed by atoms with van der Waals surface area (Å²) in [6, 6.07) is 7.45. The number of benzene rings is 1. The second-order valence-corrected chi connectivity index (χ2v) is 6.50. The third-order valence-electron chi connectivity index (χ3n) is 4.43. The number of aliphatic hydroxyl groups is 1. The quantitative estimate of drug-likeness (QED) is 0.802. The maximum atomic E-state index is 10.1. The molecule has 0 amide bonds. The zero-order valence-electron chi connectivity index (χ0n) is 11.2. The lowest BCUT2D eigenvalue weighted by Gasteiger charge is -2.18. The Balaban J connectivity index is 1.44. The van der Waals surface area contributed by atoms with Gasteiger partial charge in [0.1, 0.15) is 0 Å². The normalized spacial score (nSPS) is 20.8. The van der Waals surface area contributed by atoms with Gasteiger partial charge in [-0.3, -0.25) is 0 Å². The summed E-state index contributed by atoms with van der Waals surface area (Å²) in [7, 11) is 0. The molecule has 2 nitrogen and oxygen atoms in total. The molecule has 3 heteroatoms. The lowest BCUT2D eigenvalue weighted by atomic mass is 9.98. The summed E-state index contributed by atoms with van der Waals surface area (Å²) >= 11 is 5.85. The van der Waals surface area contributed by atoms with Crippen LogP contribution in [0.15, 0.2) is 24.3 Å². The van der Waals surface area contributed by atoms with Crippen LogP contribution in [0.25, 0.3) is 0 Å². The van der Waals surface area contributed by atoms with Crippen molar-refractivity contribution in [1.82, 2.24) is 5.32 Å². The summed E-state index contributed by atoms with van der Waals surface area (Å²) in [5.74, 6) is 2.79. The number of halogens is 1. The minimum Gasteiger partial charge on any atom is -0.387 e. The Morgan fingerprint density at radius 3 is 2.16 bits per heavy atom. The SMILES string of the molecule is OC(CNCC(C1CC1)C1CC1)c1ccc(Cl)cc1. The Kier molecular flexibility index (Phi) is 4.11. The van der Waals surface area contributed by atoms with Gasteiger partial charge in [-0.05, 0) is 67.7 Å². The van der Waals surface area contributed by atoms with Crippen LogP contribution in [0, 0.1) is 17.8 Å². The molecule has 2 saturated carbocycles. The molecule has 1 aromatic rings. The number of hydrogen-bond donors (Lipinski definition) is 2. The zero-order valence-corrected chi connectivity index (χ0v) is 11.9. The molecular weight excluding hydrogens is 258 g/mol. The minimum absolute atomic E-state index is 0.434. The molecule has 0 saturated heterocycles. The first-order valence-corrected chi connectivity index (χ1v) is 7.76. The molecule has 2 aliphatic carbocycles. The Morgan fingerprint density at radius 1 is 1.05 bits per heavy atom. The molecule has 1 atom stereocenters. The van der Waals surface area contributed by atoms with Crippen LogP contribution in [0.5, 0.6) is 0 Å². The molecule has 0 spiro atoms. The van der Waals surface area contributed by atoms with E-state index in [-0.39, 0.29) is 0 Å². The third kappa shape index (κ3) is 3.71. The molecule has 0 bridgehead atoms. The molecule has 1 aromatic carbocycles. The Labute approximate surface area is 120 Å². The van der Waals surface area contributed by atoms with Crippen LogP contribution < -0.4 is 5.32 Å². The number of rotatable bonds is 7. The van der Waals surface area contributed by atoms with E-state index in [0.717, 1.165) is 29.9 Å². The van der Waals surface area contributed by atoms with E-state index in [1.54, 1.807) is 0 Å². The van der Waals surface area contributed by atoms with Crippen LogP contribution >= 0.6 is 11.6 Å². The molecule has 0 radical (unpaired) electrons. The lowest BCUT2D eigenvalue weighted by molar-refractivity contribution is 0.171. The first kappa shape index (κ1) is 13.4. The van der Waals surface area contributed by atoms with Crippen molar-refractivity contribution in [2.75, 3.05) is 13.1 Å². The molecule has 2 N–H and O–H groups in total. The van der Waals surface area contributed by atoms with Crippen LogP contribution in [0.1, 0.15) is 37.4 Å². The van der Waals surface area contributed by atoms with Gasteiger partial charge in [0.25, 0.3) is 0 Å². The van der Waals surface area contributed by atoms with E-state index in [2.05, 4.69) is 5.32 Å². The molecule has 2 aliphatic rings. The fraction of sp³-hybridized carbons (Fsp3) is 0.625. The van der Waals surface area contributed by atoms with Crippen molar-refractivity contribution in [3.8, 4) is 0 Å². The van der Waals surface area contributed by atoms with Crippen molar-refractivity contribution < 1.29 is 5.11 Å². The number of nitrogens with one attached hydrogen (secondary N) is 1.